The van der Waals surface area contributed by atoms with E-state index in [9.17, 15) is 4.39 Å². The lowest BCUT2D eigenvalue weighted by Crippen LogP contribution is -2.29. The van der Waals surface area contributed by atoms with Crippen molar-refractivity contribution in [1.29, 1.82) is 0 Å². The number of aromatic nitrogens is 2. The fraction of sp³-hybridized carbons (Fsp3) is 0.438. The Kier molecular flexibility index (Phi) is 5.36. The summed E-state index contributed by atoms with van der Waals surface area (Å²) in [5.41, 5.74) is 7.20. The van der Waals surface area contributed by atoms with Crippen LogP contribution in [0.5, 0.6) is 0 Å². The fourth-order valence-electron chi connectivity index (χ4n) is 2.20. The summed E-state index contributed by atoms with van der Waals surface area (Å²) in [4.78, 5) is 4.33. The highest BCUT2D eigenvalue weighted by atomic mass is 28.4. The van der Waals surface area contributed by atoms with Gasteiger partial charge in [-0.15, -0.1) is 0 Å². The number of hydrogen-bond acceptors (Lipinski definition) is 3. The SMILES string of the molecule is CCCC[Si](C)(C)OCc1cn(-c2ccc(N)c(F)c2)cn1. The van der Waals surface area contributed by atoms with Crippen LogP contribution >= 0.6 is 0 Å². The zero-order chi connectivity index (χ0) is 16.2. The van der Waals surface area contributed by atoms with Gasteiger partial charge in [-0.2, -0.15) is 0 Å². The van der Waals surface area contributed by atoms with E-state index in [0.29, 0.717) is 12.3 Å². The van der Waals surface area contributed by atoms with Gasteiger partial charge in [0.2, 0.25) is 0 Å². The third kappa shape index (κ3) is 4.41. The van der Waals surface area contributed by atoms with Gasteiger partial charge in [0.25, 0.3) is 0 Å². The Morgan fingerprint density at radius 2 is 2.14 bits per heavy atom. The second-order valence-corrected chi connectivity index (χ2v) is 10.4. The predicted molar refractivity (Wildman–Crippen MR) is 89.9 cm³/mol. The van der Waals surface area contributed by atoms with Gasteiger partial charge in [0.15, 0.2) is 8.32 Å². The molecule has 22 heavy (non-hydrogen) atoms. The summed E-state index contributed by atoms with van der Waals surface area (Å²) >= 11 is 0. The molecule has 2 rings (SSSR count). The standard InChI is InChI=1S/C16H24FN3OSi/c1-4-5-8-22(2,3)21-11-13-10-20(12-19-13)14-6-7-16(18)15(17)9-14/h6-7,9-10,12H,4-5,8,11,18H2,1-3H3. The number of nitrogens with two attached hydrogens (primary N) is 1. The Bertz CT molecular complexity index is 628. The van der Waals surface area contributed by atoms with Gasteiger partial charge in [0, 0.05) is 18.0 Å². The van der Waals surface area contributed by atoms with E-state index >= 15 is 0 Å². The number of benzene rings is 1. The Balaban J connectivity index is 2.01. The molecule has 0 aliphatic heterocycles. The molecule has 0 saturated carbocycles. The predicted octanol–water partition coefficient (Wildman–Crippen LogP) is 4.12. The minimum atomic E-state index is -1.62. The van der Waals surface area contributed by atoms with Crippen molar-refractivity contribution in [3.05, 3.63) is 42.2 Å². The monoisotopic (exact) mass is 321 g/mol. The van der Waals surface area contributed by atoms with Gasteiger partial charge in [0.05, 0.1) is 24.3 Å². The highest BCUT2D eigenvalue weighted by molar-refractivity contribution is 6.71. The molecule has 0 saturated heterocycles. The van der Waals surface area contributed by atoms with Crippen molar-refractivity contribution in [2.24, 2.45) is 0 Å². The van der Waals surface area contributed by atoms with Gasteiger partial charge in [0.1, 0.15) is 5.82 Å². The number of rotatable bonds is 7. The molecule has 0 aliphatic carbocycles. The van der Waals surface area contributed by atoms with Crippen LogP contribution < -0.4 is 5.73 Å². The molecular weight excluding hydrogens is 297 g/mol. The topological polar surface area (TPSA) is 53.1 Å². The number of hydrogen-bond donors (Lipinski definition) is 1. The highest BCUT2D eigenvalue weighted by Crippen LogP contribution is 2.19. The average molecular weight is 321 g/mol. The number of unbranched alkanes of at least 4 members (excludes halogenated alkanes) is 1. The molecule has 0 unspecified atom stereocenters. The molecule has 2 N–H and O–H groups in total. The van der Waals surface area contributed by atoms with Crippen LogP contribution in [0.15, 0.2) is 30.7 Å². The number of imidazole rings is 1. The quantitative estimate of drug-likeness (QED) is 0.616. The highest BCUT2D eigenvalue weighted by Gasteiger charge is 2.21. The number of halogens is 1. The van der Waals surface area contributed by atoms with E-state index in [4.69, 9.17) is 10.2 Å². The molecule has 2 aromatic rings. The smallest absolute Gasteiger partial charge is 0.187 e. The van der Waals surface area contributed by atoms with Crippen molar-refractivity contribution in [2.45, 2.75) is 45.5 Å². The van der Waals surface area contributed by atoms with Crippen LogP contribution in [-0.4, -0.2) is 17.9 Å². The van der Waals surface area contributed by atoms with Gasteiger partial charge in [-0.25, -0.2) is 9.37 Å². The summed E-state index contributed by atoms with van der Waals surface area (Å²) in [5.74, 6) is -0.419. The van der Waals surface area contributed by atoms with Crippen molar-refractivity contribution in [3.8, 4) is 5.69 Å². The molecule has 0 radical (unpaired) electrons. The molecule has 0 fully saturated rings. The third-order valence-electron chi connectivity index (χ3n) is 3.66. The van der Waals surface area contributed by atoms with Gasteiger partial charge in [-0.1, -0.05) is 19.8 Å². The summed E-state index contributed by atoms with van der Waals surface area (Å²) in [7, 11) is -1.62. The first-order chi connectivity index (χ1) is 10.4. The van der Waals surface area contributed by atoms with Gasteiger partial charge in [-0.3, -0.25) is 0 Å². The summed E-state index contributed by atoms with van der Waals surface area (Å²) < 4.78 is 21.4. The lowest BCUT2D eigenvalue weighted by atomic mass is 10.2. The number of nitrogen functional groups attached to an aromatic ring is 1. The molecular formula is C16H24FN3OSi. The van der Waals surface area contributed by atoms with Crippen molar-refractivity contribution in [2.75, 3.05) is 5.73 Å². The van der Waals surface area contributed by atoms with Crippen LogP contribution in [0.25, 0.3) is 5.69 Å². The molecule has 0 spiro atoms. The fourth-order valence-corrected chi connectivity index (χ4v) is 4.09. The molecule has 0 aliphatic rings. The van der Waals surface area contributed by atoms with E-state index in [-0.39, 0.29) is 5.69 Å². The molecule has 0 atom stereocenters. The van der Waals surface area contributed by atoms with E-state index in [1.54, 1.807) is 23.0 Å². The Morgan fingerprint density at radius 3 is 2.82 bits per heavy atom. The summed E-state index contributed by atoms with van der Waals surface area (Å²) in [6.07, 6.45) is 5.94. The molecule has 1 aromatic heterocycles. The molecule has 120 valence electrons. The summed E-state index contributed by atoms with van der Waals surface area (Å²) in [6.45, 7) is 7.16. The summed E-state index contributed by atoms with van der Waals surface area (Å²) in [5, 5.41) is 0. The van der Waals surface area contributed by atoms with E-state index in [1.165, 1.54) is 18.9 Å². The first-order valence-corrected chi connectivity index (χ1v) is 10.7. The zero-order valence-corrected chi connectivity index (χ0v) is 14.5. The van der Waals surface area contributed by atoms with Crippen LogP contribution in [0.2, 0.25) is 19.1 Å². The van der Waals surface area contributed by atoms with Crippen molar-refractivity contribution in [3.63, 3.8) is 0 Å². The molecule has 6 heteroatoms. The normalized spacial score (nSPS) is 11.8. The van der Waals surface area contributed by atoms with Crippen molar-refractivity contribution >= 4 is 14.0 Å². The van der Waals surface area contributed by atoms with Crippen LogP contribution in [0.3, 0.4) is 0 Å². The maximum Gasteiger partial charge on any atom is 0.187 e. The Labute approximate surface area is 132 Å². The van der Waals surface area contributed by atoms with E-state index < -0.39 is 14.1 Å². The number of nitrogens with zero attached hydrogens (tertiary/aromatic N) is 2. The molecule has 4 nitrogen and oxygen atoms in total. The maximum absolute atomic E-state index is 13.5. The second kappa shape index (κ2) is 7.06. The molecule has 0 bridgehead atoms. The van der Waals surface area contributed by atoms with Crippen LogP contribution in [-0.2, 0) is 11.0 Å². The van der Waals surface area contributed by atoms with Gasteiger partial charge >= 0.3 is 0 Å². The van der Waals surface area contributed by atoms with Crippen molar-refractivity contribution in [1.82, 2.24) is 9.55 Å². The Hall–Kier alpha value is -1.66. The first kappa shape index (κ1) is 16.7. The minimum absolute atomic E-state index is 0.149. The minimum Gasteiger partial charge on any atom is -0.411 e. The number of anilines is 1. The zero-order valence-electron chi connectivity index (χ0n) is 13.5. The van der Waals surface area contributed by atoms with E-state index in [0.717, 1.165) is 11.7 Å². The van der Waals surface area contributed by atoms with Crippen LogP contribution in [0.4, 0.5) is 10.1 Å². The van der Waals surface area contributed by atoms with Crippen molar-refractivity contribution < 1.29 is 8.82 Å². The maximum atomic E-state index is 13.5. The average Bonchev–Trinajstić information content (AvgIpc) is 2.95. The van der Waals surface area contributed by atoms with E-state index in [1.807, 2.05) is 6.20 Å². The molecule has 1 aromatic carbocycles. The van der Waals surface area contributed by atoms with E-state index in [2.05, 4.69) is 25.0 Å². The molecule has 1 heterocycles. The lowest BCUT2D eigenvalue weighted by Gasteiger charge is -2.21. The van der Waals surface area contributed by atoms with Gasteiger partial charge in [-0.05, 0) is 31.3 Å². The van der Waals surface area contributed by atoms with Crippen LogP contribution in [0.1, 0.15) is 25.5 Å². The third-order valence-corrected chi connectivity index (χ3v) is 6.14. The van der Waals surface area contributed by atoms with Gasteiger partial charge < -0.3 is 14.7 Å². The lowest BCUT2D eigenvalue weighted by molar-refractivity contribution is 0.289. The molecule has 0 amide bonds. The second-order valence-electron chi connectivity index (χ2n) is 6.13. The Morgan fingerprint density at radius 1 is 1.36 bits per heavy atom. The first-order valence-electron chi connectivity index (χ1n) is 7.63. The van der Waals surface area contributed by atoms with Crippen LogP contribution in [0, 0.1) is 5.82 Å². The summed E-state index contributed by atoms with van der Waals surface area (Å²) in [6, 6.07) is 5.89. The largest absolute Gasteiger partial charge is 0.411 e.